The van der Waals surface area contributed by atoms with Crippen LogP contribution in [-0.4, -0.2) is 24.5 Å². The first-order chi connectivity index (χ1) is 29.7. The van der Waals surface area contributed by atoms with Crippen LogP contribution < -0.4 is 0 Å². The first kappa shape index (κ1) is 33.9. The number of nitrogens with zero attached hydrogens (tertiary/aromatic N) is 5. The van der Waals surface area contributed by atoms with Gasteiger partial charge in [-0.25, -0.2) is 15.0 Å². The van der Waals surface area contributed by atoms with Gasteiger partial charge in [-0.2, -0.15) is 0 Å². The van der Waals surface area contributed by atoms with Crippen LogP contribution in [0.5, 0.6) is 0 Å². The van der Waals surface area contributed by atoms with Gasteiger partial charge < -0.3 is 8.98 Å². The largest absolute Gasteiger partial charge is 0.454 e. The molecule has 0 saturated heterocycles. The number of hydrogen-bond acceptors (Lipinski definition) is 5. The molecule has 8 aromatic carbocycles. The van der Waals surface area contributed by atoms with Crippen LogP contribution >= 0.6 is 0 Å². The van der Waals surface area contributed by atoms with Crippen molar-refractivity contribution >= 4 is 54.5 Å². The summed E-state index contributed by atoms with van der Waals surface area (Å²) in [5.74, 6) is 1.76. The van der Waals surface area contributed by atoms with E-state index >= 15 is 0 Å². The van der Waals surface area contributed by atoms with Crippen molar-refractivity contribution in [3.63, 3.8) is 0 Å². The second-order valence-electron chi connectivity index (χ2n) is 15.1. The highest BCUT2D eigenvalue weighted by molar-refractivity contribution is 6.18. The zero-order chi connectivity index (χ0) is 39.6. The van der Waals surface area contributed by atoms with Crippen LogP contribution in [0.1, 0.15) is 0 Å². The lowest BCUT2D eigenvalue weighted by molar-refractivity contribution is 0.667. The minimum Gasteiger partial charge on any atom is -0.454 e. The molecule has 0 spiro atoms. The Morgan fingerprint density at radius 1 is 0.367 bits per heavy atom. The van der Waals surface area contributed by atoms with Gasteiger partial charge in [-0.1, -0.05) is 127 Å². The lowest BCUT2D eigenvalue weighted by atomic mass is 9.99. The van der Waals surface area contributed by atoms with E-state index in [1.165, 1.54) is 38.2 Å². The molecule has 0 aliphatic carbocycles. The summed E-state index contributed by atoms with van der Waals surface area (Å²) in [5, 5.41) is 6.86. The third kappa shape index (κ3) is 5.65. The molecule has 0 unspecified atom stereocenters. The summed E-state index contributed by atoms with van der Waals surface area (Å²) in [6, 6.07) is 65.9. The summed E-state index contributed by atoms with van der Waals surface area (Å²) in [4.78, 5) is 19.7. The number of para-hydroxylation sites is 1. The Morgan fingerprint density at radius 3 is 1.80 bits per heavy atom. The summed E-state index contributed by atoms with van der Waals surface area (Å²) < 4.78 is 8.49. The molecule has 0 radical (unpaired) electrons. The Hall–Kier alpha value is -8.22. The SMILES string of the molecule is c1ccc(-c2ccc(-c3cccc(-c4nc(-c5ccc(-n6c7ccccc7c7ccc8ccccc8c76)cc5)nc(-c5ccc6oc7cnccc7c6c5)n4)c3)cc2)cc1. The number of aromatic nitrogens is 5. The molecule has 0 aliphatic rings. The zero-order valence-corrected chi connectivity index (χ0v) is 32.2. The monoisotopic (exact) mass is 767 g/mol. The normalized spacial score (nSPS) is 11.7. The molecular formula is C54H33N5O. The van der Waals surface area contributed by atoms with Crippen molar-refractivity contribution in [1.29, 1.82) is 0 Å². The first-order valence-electron chi connectivity index (χ1n) is 20.0. The molecule has 12 rings (SSSR count). The standard InChI is InChI=1S/C54H33N5O/c1-2-9-34(10-3-1)35-17-19-36(20-18-35)39-12-8-13-40(31-39)53-56-52(57-54(58-53)41-24-28-49-47(32-41)45-29-30-55-33-50(45)60-49)38-21-25-42(26-22-38)59-48-16-7-6-15-44(48)46-27-23-37-11-4-5-14-43(37)51(46)59/h1-33H. The molecule has 280 valence electrons. The van der Waals surface area contributed by atoms with E-state index in [0.29, 0.717) is 17.5 Å². The summed E-state index contributed by atoms with van der Waals surface area (Å²) in [6.45, 7) is 0. The third-order valence-electron chi connectivity index (χ3n) is 11.6. The third-order valence-corrected chi connectivity index (χ3v) is 11.6. The molecule has 6 nitrogen and oxygen atoms in total. The van der Waals surface area contributed by atoms with Gasteiger partial charge in [-0.3, -0.25) is 4.98 Å². The number of fused-ring (bicyclic) bond motifs is 8. The van der Waals surface area contributed by atoms with Crippen molar-refractivity contribution in [1.82, 2.24) is 24.5 Å². The van der Waals surface area contributed by atoms with E-state index in [0.717, 1.165) is 61.0 Å². The van der Waals surface area contributed by atoms with Gasteiger partial charge in [-0.15, -0.1) is 0 Å². The summed E-state index contributed by atoms with van der Waals surface area (Å²) in [6.07, 6.45) is 3.54. The van der Waals surface area contributed by atoms with E-state index in [9.17, 15) is 0 Å². The lowest BCUT2D eigenvalue weighted by Gasteiger charge is -2.12. The van der Waals surface area contributed by atoms with Crippen LogP contribution in [0.25, 0.3) is 117 Å². The molecule has 0 aliphatic heterocycles. The predicted octanol–water partition coefficient (Wildman–Crippen LogP) is 13.8. The summed E-state index contributed by atoms with van der Waals surface area (Å²) >= 11 is 0. The highest BCUT2D eigenvalue weighted by Crippen LogP contribution is 2.38. The number of hydrogen-bond donors (Lipinski definition) is 0. The fourth-order valence-corrected chi connectivity index (χ4v) is 8.62. The van der Waals surface area contributed by atoms with Gasteiger partial charge >= 0.3 is 0 Å². The highest BCUT2D eigenvalue weighted by Gasteiger charge is 2.18. The summed E-state index contributed by atoms with van der Waals surface area (Å²) in [5.41, 5.74) is 12.2. The second kappa shape index (κ2) is 13.7. The molecule has 6 heteroatoms. The van der Waals surface area contributed by atoms with Crippen LogP contribution in [0, 0.1) is 0 Å². The predicted molar refractivity (Wildman–Crippen MR) is 244 cm³/mol. The minimum atomic E-state index is 0.580. The molecule has 0 saturated carbocycles. The Bertz CT molecular complexity index is 3590. The number of rotatable bonds is 6. The fourth-order valence-electron chi connectivity index (χ4n) is 8.62. The first-order valence-corrected chi connectivity index (χ1v) is 20.0. The smallest absolute Gasteiger partial charge is 0.164 e. The van der Waals surface area contributed by atoms with Crippen LogP contribution in [0.3, 0.4) is 0 Å². The van der Waals surface area contributed by atoms with E-state index < -0.39 is 0 Å². The van der Waals surface area contributed by atoms with Crippen molar-refractivity contribution < 1.29 is 4.42 Å². The van der Waals surface area contributed by atoms with Crippen LogP contribution in [-0.2, 0) is 0 Å². The van der Waals surface area contributed by atoms with Gasteiger partial charge in [0.25, 0.3) is 0 Å². The molecule has 4 aromatic heterocycles. The van der Waals surface area contributed by atoms with Crippen molar-refractivity contribution in [2.24, 2.45) is 0 Å². The Labute approximate surface area is 344 Å². The van der Waals surface area contributed by atoms with Gasteiger partial charge in [0.2, 0.25) is 0 Å². The van der Waals surface area contributed by atoms with Crippen LogP contribution in [0.15, 0.2) is 205 Å². The molecule has 0 amide bonds. The quantitative estimate of drug-likeness (QED) is 0.168. The van der Waals surface area contributed by atoms with Crippen LogP contribution in [0.2, 0.25) is 0 Å². The number of benzene rings is 8. The average molecular weight is 768 g/mol. The molecule has 0 N–H and O–H groups in total. The van der Waals surface area contributed by atoms with Crippen molar-refractivity contribution in [3.8, 4) is 62.1 Å². The number of pyridine rings is 1. The van der Waals surface area contributed by atoms with Crippen LogP contribution in [0.4, 0.5) is 0 Å². The van der Waals surface area contributed by atoms with Crippen molar-refractivity contribution in [2.45, 2.75) is 0 Å². The maximum Gasteiger partial charge on any atom is 0.164 e. The highest BCUT2D eigenvalue weighted by atomic mass is 16.3. The van der Waals surface area contributed by atoms with Crippen molar-refractivity contribution in [2.75, 3.05) is 0 Å². The molecule has 0 fully saturated rings. The topological polar surface area (TPSA) is 69.6 Å². The van der Waals surface area contributed by atoms with E-state index in [-0.39, 0.29) is 0 Å². The maximum atomic E-state index is 6.12. The Balaban J connectivity index is 0.992. The molecule has 0 atom stereocenters. The molecule has 12 aromatic rings. The van der Waals surface area contributed by atoms with E-state index in [1.807, 2.05) is 24.3 Å². The van der Waals surface area contributed by atoms with E-state index in [4.69, 9.17) is 19.4 Å². The average Bonchev–Trinajstić information content (AvgIpc) is 3.88. The molecular weight excluding hydrogens is 735 g/mol. The second-order valence-corrected chi connectivity index (χ2v) is 15.1. The van der Waals surface area contributed by atoms with Gasteiger partial charge in [0.05, 0.1) is 17.2 Å². The van der Waals surface area contributed by atoms with Gasteiger partial charge in [0, 0.05) is 55.5 Å². The maximum absolute atomic E-state index is 6.12. The molecule has 4 heterocycles. The Kier molecular flexibility index (Phi) is 7.74. The van der Waals surface area contributed by atoms with Gasteiger partial charge in [0.1, 0.15) is 5.58 Å². The fraction of sp³-hybridized carbons (Fsp3) is 0. The van der Waals surface area contributed by atoms with E-state index in [1.54, 1.807) is 12.4 Å². The van der Waals surface area contributed by atoms with Gasteiger partial charge in [0.15, 0.2) is 23.1 Å². The Morgan fingerprint density at radius 2 is 0.983 bits per heavy atom. The van der Waals surface area contributed by atoms with E-state index in [2.05, 4.69) is 173 Å². The molecule has 60 heavy (non-hydrogen) atoms. The lowest BCUT2D eigenvalue weighted by Crippen LogP contribution is -2.01. The molecule has 0 bridgehead atoms. The minimum absolute atomic E-state index is 0.580. The van der Waals surface area contributed by atoms with Gasteiger partial charge in [-0.05, 0) is 88.3 Å². The zero-order valence-electron chi connectivity index (χ0n) is 32.2. The summed E-state index contributed by atoms with van der Waals surface area (Å²) in [7, 11) is 0. The number of furan rings is 1. The van der Waals surface area contributed by atoms with Crippen molar-refractivity contribution in [3.05, 3.63) is 200 Å².